The molecule has 0 spiro atoms. The fourth-order valence-electron chi connectivity index (χ4n) is 2.74. The van der Waals surface area contributed by atoms with E-state index in [4.69, 9.17) is 4.74 Å². The Morgan fingerprint density at radius 3 is 2.56 bits per heavy atom. The number of H-pyrrole nitrogens is 1. The molecule has 0 aliphatic rings. The number of imidazole rings is 1. The summed E-state index contributed by atoms with van der Waals surface area (Å²) in [6, 6.07) is 17.3. The first-order chi connectivity index (χ1) is 12.2. The van der Waals surface area contributed by atoms with Crippen molar-refractivity contribution in [2.45, 2.75) is 6.54 Å². The lowest BCUT2D eigenvalue weighted by atomic mass is 10.2. The van der Waals surface area contributed by atoms with Gasteiger partial charge in [0.05, 0.1) is 19.9 Å². The Kier molecular flexibility index (Phi) is 3.78. The van der Waals surface area contributed by atoms with Crippen LogP contribution in [0.1, 0.15) is 5.56 Å². The summed E-state index contributed by atoms with van der Waals surface area (Å²) < 4.78 is 6.80. The third-order valence-corrected chi connectivity index (χ3v) is 4.04. The molecular weight excluding hydrogens is 316 g/mol. The molecule has 6 heteroatoms. The van der Waals surface area contributed by atoms with E-state index in [1.807, 2.05) is 54.6 Å². The molecule has 0 atom stereocenters. The van der Waals surface area contributed by atoms with E-state index in [9.17, 15) is 4.79 Å². The minimum Gasteiger partial charge on any atom is -0.497 e. The fourth-order valence-corrected chi connectivity index (χ4v) is 2.74. The molecular formula is C19H16N4O2. The lowest BCUT2D eigenvalue weighted by molar-refractivity contribution is 0.415. The van der Waals surface area contributed by atoms with Crippen molar-refractivity contribution in [1.29, 1.82) is 0 Å². The van der Waals surface area contributed by atoms with E-state index in [2.05, 4.69) is 15.0 Å². The van der Waals surface area contributed by atoms with Crippen molar-refractivity contribution in [2.75, 3.05) is 7.11 Å². The van der Waals surface area contributed by atoms with Crippen molar-refractivity contribution in [2.24, 2.45) is 0 Å². The summed E-state index contributed by atoms with van der Waals surface area (Å²) in [6.07, 6.45) is 1.64. The predicted molar refractivity (Wildman–Crippen MR) is 95.7 cm³/mol. The van der Waals surface area contributed by atoms with Crippen LogP contribution in [0.15, 0.2) is 65.6 Å². The van der Waals surface area contributed by atoms with E-state index in [1.165, 1.54) is 0 Å². The van der Waals surface area contributed by atoms with Gasteiger partial charge in [-0.15, -0.1) is 0 Å². The van der Waals surface area contributed by atoms with Crippen molar-refractivity contribution in [3.8, 4) is 17.1 Å². The quantitative estimate of drug-likeness (QED) is 0.624. The minimum absolute atomic E-state index is 0.194. The second-order valence-electron chi connectivity index (χ2n) is 5.66. The number of nitrogens with one attached hydrogen (secondary N) is 1. The predicted octanol–water partition coefficient (Wildman–Crippen LogP) is 2.84. The number of ether oxygens (including phenoxy) is 1. The van der Waals surface area contributed by atoms with E-state index >= 15 is 0 Å². The molecule has 124 valence electrons. The molecule has 0 amide bonds. The molecule has 2 aromatic heterocycles. The van der Waals surface area contributed by atoms with Gasteiger partial charge in [-0.25, -0.2) is 14.8 Å². The maximum Gasteiger partial charge on any atom is 0.328 e. The van der Waals surface area contributed by atoms with Crippen LogP contribution in [0.2, 0.25) is 0 Å². The Morgan fingerprint density at radius 2 is 1.84 bits per heavy atom. The van der Waals surface area contributed by atoms with Gasteiger partial charge in [-0.2, -0.15) is 0 Å². The smallest absolute Gasteiger partial charge is 0.328 e. The summed E-state index contributed by atoms with van der Waals surface area (Å²) in [5, 5.41) is 0. The summed E-state index contributed by atoms with van der Waals surface area (Å²) in [6.45, 7) is 0.457. The maximum atomic E-state index is 12.3. The van der Waals surface area contributed by atoms with Gasteiger partial charge in [0.15, 0.2) is 11.5 Å². The van der Waals surface area contributed by atoms with E-state index in [0.29, 0.717) is 23.5 Å². The molecule has 0 radical (unpaired) electrons. The van der Waals surface area contributed by atoms with Crippen LogP contribution in [0.25, 0.3) is 22.6 Å². The van der Waals surface area contributed by atoms with Crippen molar-refractivity contribution in [3.05, 3.63) is 76.8 Å². The van der Waals surface area contributed by atoms with Crippen molar-refractivity contribution >= 4 is 11.2 Å². The van der Waals surface area contributed by atoms with Crippen LogP contribution in [-0.2, 0) is 6.54 Å². The molecule has 25 heavy (non-hydrogen) atoms. The summed E-state index contributed by atoms with van der Waals surface area (Å²) in [7, 11) is 1.62. The Labute approximate surface area is 143 Å². The second kappa shape index (κ2) is 6.24. The van der Waals surface area contributed by atoms with Crippen LogP contribution in [-0.4, -0.2) is 26.6 Å². The average molecular weight is 332 g/mol. The number of nitrogens with zero attached hydrogens (tertiary/aromatic N) is 3. The number of hydrogen-bond acceptors (Lipinski definition) is 4. The molecule has 2 aromatic carbocycles. The highest BCUT2D eigenvalue weighted by molar-refractivity contribution is 5.72. The zero-order valence-electron chi connectivity index (χ0n) is 13.6. The Bertz CT molecular complexity index is 1070. The van der Waals surface area contributed by atoms with Crippen LogP contribution in [0.3, 0.4) is 0 Å². The highest BCUT2D eigenvalue weighted by atomic mass is 16.5. The molecule has 0 unspecified atom stereocenters. The first kappa shape index (κ1) is 15.1. The van der Waals surface area contributed by atoms with Crippen molar-refractivity contribution in [1.82, 2.24) is 19.5 Å². The Morgan fingerprint density at radius 1 is 1.08 bits per heavy atom. The lowest BCUT2D eigenvalue weighted by Crippen LogP contribution is -2.17. The van der Waals surface area contributed by atoms with Gasteiger partial charge < -0.3 is 9.72 Å². The molecule has 0 saturated carbocycles. The molecule has 0 aliphatic heterocycles. The third kappa shape index (κ3) is 2.89. The highest BCUT2D eigenvalue weighted by Gasteiger charge is 2.11. The monoisotopic (exact) mass is 332 g/mol. The van der Waals surface area contributed by atoms with Gasteiger partial charge in [0, 0.05) is 5.56 Å². The number of rotatable bonds is 4. The fraction of sp³-hybridized carbons (Fsp3) is 0.105. The molecule has 0 fully saturated rings. The Hall–Kier alpha value is -3.41. The number of aromatic nitrogens is 4. The molecule has 0 saturated heterocycles. The third-order valence-electron chi connectivity index (χ3n) is 4.04. The largest absolute Gasteiger partial charge is 0.497 e. The molecule has 6 nitrogen and oxygen atoms in total. The zero-order valence-corrected chi connectivity index (χ0v) is 13.6. The number of aromatic amines is 1. The average Bonchev–Trinajstić information content (AvgIpc) is 2.97. The zero-order chi connectivity index (χ0) is 17.2. The number of methoxy groups -OCH3 is 1. The maximum absolute atomic E-state index is 12.3. The van der Waals surface area contributed by atoms with E-state index in [0.717, 1.165) is 16.9 Å². The molecule has 4 aromatic rings. The summed E-state index contributed by atoms with van der Waals surface area (Å²) >= 11 is 0. The normalized spacial score (nSPS) is 10.9. The number of fused-ring (bicyclic) bond motifs is 1. The van der Waals surface area contributed by atoms with Crippen LogP contribution in [0.5, 0.6) is 5.75 Å². The standard InChI is InChI=1S/C19H16N4O2/c1-25-15-9-7-14(8-10-15)17-20-11-16-18(22-17)23(19(24)21-16)12-13-5-3-2-4-6-13/h2-11H,12H2,1H3,(H,21,24). The SMILES string of the molecule is COc1ccc(-c2ncc3[nH]c(=O)n(Cc4ccccc4)c3n2)cc1. The molecule has 2 heterocycles. The first-order valence-corrected chi connectivity index (χ1v) is 7.88. The molecule has 0 bridgehead atoms. The number of benzene rings is 2. The van der Waals surface area contributed by atoms with E-state index < -0.39 is 0 Å². The van der Waals surface area contributed by atoms with Crippen LogP contribution in [0.4, 0.5) is 0 Å². The lowest BCUT2D eigenvalue weighted by Gasteiger charge is -2.05. The van der Waals surface area contributed by atoms with Gasteiger partial charge >= 0.3 is 5.69 Å². The summed E-state index contributed by atoms with van der Waals surface area (Å²) in [5.41, 5.74) is 2.92. The highest BCUT2D eigenvalue weighted by Crippen LogP contribution is 2.20. The van der Waals surface area contributed by atoms with Gasteiger partial charge in [-0.1, -0.05) is 30.3 Å². The Balaban J connectivity index is 1.78. The molecule has 1 N–H and O–H groups in total. The summed E-state index contributed by atoms with van der Waals surface area (Å²) in [4.78, 5) is 24.1. The van der Waals surface area contributed by atoms with E-state index in [-0.39, 0.29) is 5.69 Å². The molecule has 0 aliphatic carbocycles. The minimum atomic E-state index is -0.194. The topological polar surface area (TPSA) is 72.8 Å². The van der Waals surface area contributed by atoms with E-state index in [1.54, 1.807) is 17.9 Å². The van der Waals surface area contributed by atoms with Crippen LogP contribution < -0.4 is 10.4 Å². The van der Waals surface area contributed by atoms with Gasteiger partial charge in [-0.05, 0) is 29.8 Å². The van der Waals surface area contributed by atoms with Crippen LogP contribution >= 0.6 is 0 Å². The van der Waals surface area contributed by atoms with Gasteiger partial charge in [-0.3, -0.25) is 4.57 Å². The molecule has 4 rings (SSSR count). The summed E-state index contributed by atoms with van der Waals surface area (Å²) in [5.74, 6) is 1.34. The van der Waals surface area contributed by atoms with Crippen molar-refractivity contribution in [3.63, 3.8) is 0 Å². The second-order valence-corrected chi connectivity index (χ2v) is 5.66. The van der Waals surface area contributed by atoms with Gasteiger partial charge in [0.2, 0.25) is 0 Å². The van der Waals surface area contributed by atoms with Gasteiger partial charge in [0.1, 0.15) is 11.3 Å². The number of hydrogen-bond donors (Lipinski definition) is 1. The van der Waals surface area contributed by atoms with Gasteiger partial charge in [0.25, 0.3) is 0 Å². The van der Waals surface area contributed by atoms with Crippen molar-refractivity contribution < 1.29 is 4.74 Å². The first-order valence-electron chi connectivity index (χ1n) is 7.88. The van der Waals surface area contributed by atoms with Crippen LogP contribution in [0, 0.1) is 0 Å².